The third-order valence-corrected chi connectivity index (χ3v) is 2.65. The molecule has 106 valence electrons. The van der Waals surface area contributed by atoms with Gasteiger partial charge in [0.25, 0.3) is 0 Å². The molecule has 2 N–H and O–H groups in total. The van der Waals surface area contributed by atoms with Gasteiger partial charge in [0.15, 0.2) is 0 Å². The molecule has 19 heavy (non-hydrogen) atoms. The molecule has 0 aliphatic carbocycles. The Morgan fingerprint density at radius 2 is 2.16 bits per heavy atom. The summed E-state index contributed by atoms with van der Waals surface area (Å²) in [5.74, 6) is -0.526. The Morgan fingerprint density at radius 3 is 2.74 bits per heavy atom. The fourth-order valence-corrected chi connectivity index (χ4v) is 1.75. The minimum Gasteiger partial charge on any atom is -0.444 e. The number of rotatable bonds is 3. The highest BCUT2D eigenvalue weighted by atomic mass is 79.9. The molecule has 1 unspecified atom stereocenters. The number of aliphatic hydroxyl groups is 1. The highest BCUT2D eigenvalue weighted by Gasteiger charge is 2.18. The number of hydrogen-bond acceptors (Lipinski definition) is 3. The third kappa shape index (κ3) is 5.57. The van der Waals surface area contributed by atoms with E-state index < -0.39 is 23.6 Å². The van der Waals surface area contributed by atoms with Crippen molar-refractivity contribution >= 4 is 22.0 Å². The van der Waals surface area contributed by atoms with E-state index in [1.807, 2.05) is 0 Å². The molecule has 0 saturated carbocycles. The zero-order valence-electron chi connectivity index (χ0n) is 11.0. The lowest BCUT2D eigenvalue weighted by Gasteiger charge is -2.20. The lowest BCUT2D eigenvalue weighted by molar-refractivity contribution is 0.0490. The number of aliphatic hydroxyl groups excluding tert-OH is 1. The molecule has 0 aromatic heterocycles. The largest absolute Gasteiger partial charge is 0.444 e. The molecule has 0 spiro atoms. The van der Waals surface area contributed by atoms with Crippen LogP contribution < -0.4 is 5.32 Å². The molecule has 4 nitrogen and oxygen atoms in total. The van der Waals surface area contributed by atoms with E-state index in [2.05, 4.69) is 21.2 Å². The molecule has 1 atom stereocenters. The first-order chi connectivity index (χ1) is 8.69. The summed E-state index contributed by atoms with van der Waals surface area (Å²) in [6, 6.07) is 4.25. The van der Waals surface area contributed by atoms with Crippen LogP contribution in [0.4, 0.5) is 9.18 Å². The smallest absolute Gasteiger partial charge is 0.407 e. The summed E-state index contributed by atoms with van der Waals surface area (Å²) < 4.78 is 19.2. The molecular weight excluding hydrogens is 317 g/mol. The SMILES string of the molecule is CC(C)(C)OC(=O)NCC(O)c1cc(Br)ccc1F. The predicted molar refractivity (Wildman–Crippen MR) is 73.3 cm³/mol. The maximum Gasteiger partial charge on any atom is 0.407 e. The Hall–Kier alpha value is -1.14. The maximum absolute atomic E-state index is 13.5. The van der Waals surface area contributed by atoms with Gasteiger partial charge in [-0.1, -0.05) is 15.9 Å². The van der Waals surface area contributed by atoms with Gasteiger partial charge >= 0.3 is 6.09 Å². The summed E-state index contributed by atoms with van der Waals surface area (Å²) >= 11 is 3.19. The van der Waals surface area contributed by atoms with Crippen LogP contribution in [-0.2, 0) is 4.74 Å². The minimum atomic E-state index is -1.13. The van der Waals surface area contributed by atoms with Crippen LogP contribution in [0.3, 0.4) is 0 Å². The van der Waals surface area contributed by atoms with Gasteiger partial charge in [0.05, 0.1) is 12.6 Å². The van der Waals surface area contributed by atoms with Crippen molar-refractivity contribution in [1.29, 1.82) is 0 Å². The van der Waals surface area contributed by atoms with Crippen LogP contribution in [0.5, 0.6) is 0 Å². The Balaban J connectivity index is 2.58. The van der Waals surface area contributed by atoms with E-state index in [4.69, 9.17) is 4.74 Å². The normalized spacial score (nSPS) is 12.9. The average molecular weight is 334 g/mol. The van der Waals surface area contributed by atoms with E-state index in [-0.39, 0.29) is 12.1 Å². The minimum absolute atomic E-state index is 0.116. The summed E-state index contributed by atoms with van der Waals surface area (Å²) in [7, 11) is 0. The summed E-state index contributed by atoms with van der Waals surface area (Å²) in [6.07, 6.45) is -1.79. The Morgan fingerprint density at radius 1 is 1.53 bits per heavy atom. The number of carbonyl (C=O) groups excluding carboxylic acids is 1. The third-order valence-electron chi connectivity index (χ3n) is 2.16. The Kier molecular flexibility index (Phi) is 5.31. The fourth-order valence-electron chi connectivity index (χ4n) is 1.37. The van der Waals surface area contributed by atoms with Gasteiger partial charge < -0.3 is 15.2 Å². The monoisotopic (exact) mass is 333 g/mol. The van der Waals surface area contributed by atoms with Crippen molar-refractivity contribution in [3.63, 3.8) is 0 Å². The lowest BCUT2D eigenvalue weighted by Crippen LogP contribution is -2.34. The van der Waals surface area contributed by atoms with Crippen molar-refractivity contribution in [3.05, 3.63) is 34.1 Å². The van der Waals surface area contributed by atoms with E-state index in [1.165, 1.54) is 18.2 Å². The van der Waals surface area contributed by atoms with Crippen molar-refractivity contribution < 1.29 is 19.0 Å². The van der Waals surface area contributed by atoms with Gasteiger partial charge in [-0.2, -0.15) is 0 Å². The molecule has 0 aliphatic heterocycles. The number of halogens is 2. The molecule has 0 aliphatic rings. The van der Waals surface area contributed by atoms with Crippen LogP contribution in [0.15, 0.2) is 22.7 Å². The van der Waals surface area contributed by atoms with Gasteiger partial charge in [0, 0.05) is 10.0 Å². The first-order valence-electron chi connectivity index (χ1n) is 5.79. The number of ether oxygens (including phenoxy) is 1. The summed E-state index contributed by atoms with van der Waals surface area (Å²) in [6.45, 7) is 5.08. The zero-order valence-corrected chi connectivity index (χ0v) is 12.6. The van der Waals surface area contributed by atoms with Crippen LogP contribution in [0.1, 0.15) is 32.4 Å². The summed E-state index contributed by atoms with van der Waals surface area (Å²) in [5, 5.41) is 12.2. The molecule has 1 aromatic rings. The van der Waals surface area contributed by atoms with E-state index in [0.717, 1.165) is 0 Å². The number of carbonyl (C=O) groups is 1. The first-order valence-corrected chi connectivity index (χ1v) is 6.58. The number of benzene rings is 1. The number of amides is 1. The summed E-state index contributed by atoms with van der Waals surface area (Å²) in [5.41, 5.74) is -0.499. The number of alkyl carbamates (subject to hydrolysis) is 1. The van der Waals surface area contributed by atoms with E-state index in [9.17, 15) is 14.3 Å². The van der Waals surface area contributed by atoms with E-state index in [0.29, 0.717) is 4.47 Å². The maximum atomic E-state index is 13.5. The van der Waals surface area contributed by atoms with Gasteiger partial charge in [-0.15, -0.1) is 0 Å². The second-order valence-corrected chi connectivity index (χ2v) is 5.98. The predicted octanol–water partition coefficient (Wildman–Crippen LogP) is 3.15. The van der Waals surface area contributed by atoms with Crippen LogP contribution in [0.2, 0.25) is 0 Å². The van der Waals surface area contributed by atoms with Gasteiger partial charge in [-0.05, 0) is 39.0 Å². The van der Waals surface area contributed by atoms with Gasteiger partial charge in [-0.3, -0.25) is 0 Å². The molecule has 0 radical (unpaired) electrons. The van der Waals surface area contributed by atoms with Crippen LogP contribution in [0.25, 0.3) is 0 Å². The van der Waals surface area contributed by atoms with E-state index >= 15 is 0 Å². The van der Waals surface area contributed by atoms with Crippen molar-refractivity contribution in [2.24, 2.45) is 0 Å². The molecule has 6 heteroatoms. The Bertz CT molecular complexity index is 460. The van der Waals surface area contributed by atoms with E-state index in [1.54, 1.807) is 20.8 Å². The van der Waals surface area contributed by atoms with Gasteiger partial charge in [-0.25, -0.2) is 9.18 Å². The quantitative estimate of drug-likeness (QED) is 0.893. The highest BCUT2D eigenvalue weighted by molar-refractivity contribution is 9.10. The molecule has 0 fully saturated rings. The number of hydrogen-bond donors (Lipinski definition) is 2. The second kappa shape index (κ2) is 6.34. The zero-order chi connectivity index (χ0) is 14.6. The highest BCUT2D eigenvalue weighted by Crippen LogP contribution is 2.21. The molecule has 1 rings (SSSR count). The second-order valence-electron chi connectivity index (χ2n) is 5.06. The topological polar surface area (TPSA) is 58.6 Å². The molecule has 0 heterocycles. The molecule has 0 bridgehead atoms. The van der Waals surface area contributed by atoms with Crippen molar-refractivity contribution in [3.8, 4) is 0 Å². The van der Waals surface area contributed by atoms with Crippen molar-refractivity contribution in [1.82, 2.24) is 5.32 Å². The van der Waals surface area contributed by atoms with Crippen molar-refractivity contribution in [2.45, 2.75) is 32.5 Å². The van der Waals surface area contributed by atoms with Crippen molar-refractivity contribution in [2.75, 3.05) is 6.54 Å². The first kappa shape index (κ1) is 15.9. The van der Waals surface area contributed by atoms with Gasteiger partial charge in [0.2, 0.25) is 0 Å². The van der Waals surface area contributed by atoms with Gasteiger partial charge in [0.1, 0.15) is 11.4 Å². The standard InChI is InChI=1S/C13H17BrFNO3/c1-13(2,3)19-12(18)16-7-11(17)9-6-8(14)4-5-10(9)15/h4-6,11,17H,7H2,1-3H3,(H,16,18). The summed E-state index contributed by atoms with van der Waals surface area (Å²) in [4.78, 5) is 11.4. The van der Waals surface area contributed by atoms with Crippen LogP contribution >= 0.6 is 15.9 Å². The van der Waals surface area contributed by atoms with Crippen LogP contribution in [-0.4, -0.2) is 23.3 Å². The average Bonchev–Trinajstić information content (AvgIpc) is 2.27. The fraction of sp³-hybridized carbons (Fsp3) is 0.462. The lowest BCUT2D eigenvalue weighted by atomic mass is 10.1. The molecule has 0 saturated heterocycles. The molecule has 1 aromatic carbocycles. The molecule has 1 amide bonds. The van der Waals surface area contributed by atoms with Crippen LogP contribution in [0, 0.1) is 5.82 Å². The molecular formula is C13H17BrFNO3. The Labute approximate surface area is 120 Å². The number of nitrogens with one attached hydrogen (secondary N) is 1.